The quantitative estimate of drug-likeness (QED) is 0.607. The summed E-state index contributed by atoms with van der Waals surface area (Å²) in [6.07, 6.45) is 1.54. The maximum absolute atomic E-state index is 11.9. The molecule has 0 aliphatic heterocycles. The minimum Gasteiger partial charge on any atom is -0.475 e. The molecule has 0 aliphatic carbocycles. The zero-order valence-corrected chi connectivity index (χ0v) is 15.3. The van der Waals surface area contributed by atoms with E-state index in [4.69, 9.17) is 4.74 Å². The van der Waals surface area contributed by atoms with Crippen LogP contribution in [0.15, 0.2) is 78.2 Å². The highest BCUT2D eigenvalue weighted by atomic mass is 32.2. The number of benzene rings is 2. The van der Waals surface area contributed by atoms with Gasteiger partial charge in [-0.1, -0.05) is 60.7 Å². The van der Waals surface area contributed by atoms with Crippen molar-refractivity contribution in [1.82, 2.24) is 14.9 Å². The van der Waals surface area contributed by atoms with Gasteiger partial charge in [-0.05, 0) is 17.7 Å². The molecule has 3 rings (SSSR count). The van der Waals surface area contributed by atoms with Gasteiger partial charge in [0.2, 0.25) is 15.9 Å². The summed E-state index contributed by atoms with van der Waals surface area (Å²) in [7, 11) is -3.52. The highest BCUT2D eigenvalue weighted by molar-refractivity contribution is 7.92. The molecule has 0 spiro atoms. The van der Waals surface area contributed by atoms with Gasteiger partial charge in [-0.15, -0.1) is 10.2 Å². The van der Waals surface area contributed by atoms with Gasteiger partial charge in [-0.3, -0.25) is 0 Å². The number of rotatable bonds is 8. The Morgan fingerprint density at radius 2 is 1.59 bits per heavy atom. The van der Waals surface area contributed by atoms with Crippen LogP contribution in [0.4, 0.5) is 0 Å². The van der Waals surface area contributed by atoms with E-state index in [1.54, 1.807) is 6.07 Å². The van der Waals surface area contributed by atoms with Gasteiger partial charge in [-0.2, -0.15) is 0 Å². The van der Waals surface area contributed by atoms with Crippen LogP contribution in [0, 0.1) is 0 Å². The molecule has 7 heteroatoms. The van der Waals surface area contributed by atoms with Crippen LogP contribution in [0.5, 0.6) is 5.88 Å². The van der Waals surface area contributed by atoms with Crippen LogP contribution in [0.3, 0.4) is 0 Å². The Bertz CT molecular complexity index is 974. The van der Waals surface area contributed by atoms with Crippen LogP contribution in [-0.4, -0.2) is 31.8 Å². The van der Waals surface area contributed by atoms with Crippen LogP contribution < -0.4 is 9.46 Å². The minimum atomic E-state index is -3.52. The van der Waals surface area contributed by atoms with E-state index in [2.05, 4.69) is 14.9 Å². The Balaban J connectivity index is 1.46. The normalized spacial score (nSPS) is 11.6. The lowest BCUT2D eigenvalue weighted by atomic mass is 10.1. The maximum atomic E-state index is 11.9. The number of sulfonamides is 1. The second-order valence-electron chi connectivity index (χ2n) is 5.62. The van der Waals surface area contributed by atoms with Gasteiger partial charge in [0.1, 0.15) is 6.61 Å². The fourth-order valence-electron chi connectivity index (χ4n) is 2.28. The predicted molar refractivity (Wildman–Crippen MR) is 105 cm³/mol. The van der Waals surface area contributed by atoms with E-state index < -0.39 is 10.0 Å². The molecule has 1 N–H and O–H groups in total. The van der Waals surface area contributed by atoms with Crippen molar-refractivity contribution in [1.29, 1.82) is 0 Å². The molecular weight excluding hydrogens is 362 g/mol. The summed E-state index contributed by atoms with van der Waals surface area (Å²) >= 11 is 0. The molecule has 27 heavy (non-hydrogen) atoms. The third kappa shape index (κ3) is 6.02. The predicted octanol–water partition coefficient (Wildman–Crippen LogP) is 3.11. The van der Waals surface area contributed by atoms with E-state index in [1.807, 2.05) is 66.7 Å². The lowest BCUT2D eigenvalue weighted by molar-refractivity contribution is 0.307. The lowest BCUT2D eigenvalue weighted by Crippen LogP contribution is -2.26. The van der Waals surface area contributed by atoms with Gasteiger partial charge in [0.05, 0.1) is 5.69 Å². The number of nitrogens with zero attached hydrogens (tertiary/aromatic N) is 2. The molecular formula is C20H19N3O3S. The number of hydrogen-bond donors (Lipinski definition) is 1. The second kappa shape index (κ2) is 9.07. The van der Waals surface area contributed by atoms with E-state index in [0.717, 1.165) is 22.2 Å². The Labute approximate surface area is 158 Å². The van der Waals surface area contributed by atoms with E-state index in [1.165, 1.54) is 6.08 Å². The third-order valence-electron chi connectivity index (χ3n) is 3.60. The van der Waals surface area contributed by atoms with Crippen molar-refractivity contribution in [3.63, 3.8) is 0 Å². The van der Waals surface area contributed by atoms with Gasteiger partial charge >= 0.3 is 0 Å². The van der Waals surface area contributed by atoms with Crippen molar-refractivity contribution in [2.75, 3.05) is 13.2 Å². The van der Waals surface area contributed by atoms with Crippen LogP contribution in [-0.2, 0) is 10.0 Å². The van der Waals surface area contributed by atoms with Crippen LogP contribution in [0.25, 0.3) is 17.3 Å². The highest BCUT2D eigenvalue weighted by Crippen LogP contribution is 2.16. The summed E-state index contributed by atoms with van der Waals surface area (Å²) in [6.45, 7) is 0.279. The molecule has 0 atom stereocenters. The zero-order valence-electron chi connectivity index (χ0n) is 14.5. The topological polar surface area (TPSA) is 81.2 Å². The minimum absolute atomic E-state index is 0.129. The zero-order chi connectivity index (χ0) is 19.0. The van der Waals surface area contributed by atoms with Crippen molar-refractivity contribution in [2.45, 2.75) is 0 Å². The molecule has 138 valence electrons. The summed E-state index contributed by atoms with van der Waals surface area (Å²) in [4.78, 5) is 0. The third-order valence-corrected chi connectivity index (χ3v) is 4.70. The first-order valence-corrected chi connectivity index (χ1v) is 9.92. The summed E-state index contributed by atoms with van der Waals surface area (Å²) in [5.74, 6) is 0.341. The van der Waals surface area contributed by atoms with Crippen molar-refractivity contribution in [3.05, 3.63) is 83.8 Å². The molecule has 0 saturated carbocycles. The van der Waals surface area contributed by atoms with Crippen molar-refractivity contribution >= 4 is 16.1 Å². The number of hydrogen-bond acceptors (Lipinski definition) is 5. The van der Waals surface area contributed by atoms with Crippen LogP contribution >= 0.6 is 0 Å². The Morgan fingerprint density at radius 3 is 2.26 bits per heavy atom. The van der Waals surface area contributed by atoms with E-state index in [0.29, 0.717) is 5.88 Å². The van der Waals surface area contributed by atoms with Crippen LogP contribution in [0.1, 0.15) is 5.56 Å². The van der Waals surface area contributed by atoms with Crippen LogP contribution in [0.2, 0.25) is 0 Å². The summed E-state index contributed by atoms with van der Waals surface area (Å²) in [5, 5.41) is 9.25. The Kier molecular flexibility index (Phi) is 6.30. The van der Waals surface area contributed by atoms with Gasteiger partial charge < -0.3 is 4.74 Å². The van der Waals surface area contributed by atoms with Crippen molar-refractivity contribution in [3.8, 4) is 17.1 Å². The van der Waals surface area contributed by atoms with E-state index in [-0.39, 0.29) is 13.2 Å². The fraction of sp³-hybridized carbons (Fsp3) is 0.100. The Hall–Kier alpha value is -3.03. The van der Waals surface area contributed by atoms with E-state index >= 15 is 0 Å². The molecule has 0 saturated heterocycles. The molecule has 1 aromatic heterocycles. The SMILES string of the molecule is O=S(=O)(C=Cc1ccccc1)NCCOc1ccc(-c2ccccc2)nn1. The lowest BCUT2D eigenvalue weighted by Gasteiger charge is -2.06. The molecule has 0 fully saturated rings. The molecule has 6 nitrogen and oxygen atoms in total. The summed E-state index contributed by atoms with van der Waals surface area (Å²) in [5.41, 5.74) is 2.53. The van der Waals surface area contributed by atoms with Gasteiger partial charge in [0.15, 0.2) is 0 Å². The molecule has 2 aromatic carbocycles. The molecule has 3 aromatic rings. The number of ether oxygens (including phenoxy) is 1. The molecule has 0 aliphatic rings. The smallest absolute Gasteiger partial charge is 0.233 e. The van der Waals surface area contributed by atoms with Crippen molar-refractivity contribution in [2.24, 2.45) is 0 Å². The first-order valence-electron chi connectivity index (χ1n) is 8.37. The average Bonchev–Trinajstić information content (AvgIpc) is 2.72. The molecule has 0 bridgehead atoms. The summed E-state index contributed by atoms with van der Waals surface area (Å²) in [6, 6.07) is 22.4. The van der Waals surface area contributed by atoms with E-state index in [9.17, 15) is 8.42 Å². The number of nitrogens with one attached hydrogen (secondary N) is 1. The average molecular weight is 381 g/mol. The van der Waals surface area contributed by atoms with Gasteiger partial charge in [0, 0.05) is 23.6 Å². The first-order chi connectivity index (χ1) is 13.1. The standard InChI is InChI=1S/C20H19N3O3S/c24-27(25,16-13-17-7-3-1-4-8-17)21-14-15-26-20-12-11-19(22-23-20)18-9-5-2-6-10-18/h1-13,16,21H,14-15H2. The molecule has 0 radical (unpaired) electrons. The van der Waals surface area contributed by atoms with Crippen molar-refractivity contribution < 1.29 is 13.2 Å². The van der Waals surface area contributed by atoms with Gasteiger partial charge in [-0.25, -0.2) is 13.1 Å². The summed E-state index contributed by atoms with van der Waals surface area (Å²) < 4.78 is 31.7. The monoisotopic (exact) mass is 381 g/mol. The Morgan fingerprint density at radius 1 is 0.889 bits per heavy atom. The molecule has 1 heterocycles. The van der Waals surface area contributed by atoms with Gasteiger partial charge in [0.25, 0.3) is 0 Å². The highest BCUT2D eigenvalue weighted by Gasteiger charge is 2.05. The number of aromatic nitrogens is 2. The maximum Gasteiger partial charge on any atom is 0.233 e. The second-order valence-corrected chi connectivity index (χ2v) is 7.27. The molecule has 0 unspecified atom stereocenters. The molecule has 0 amide bonds. The fourth-order valence-corrected chi connectivity index (χ4v) is 3.08. The largest absolute Gasteiger partial charge is 0.475 e. The first kappa shape index (κ1) is 18.8.